The maximum absolute atomic E-state index is 12.8. The second-order valence-electron chi connectivity index (χ2n) is 9.86. The number of phenols is 2. The number of hydrogen-bond donors (Lipinski definition) is 8. The molecule has 0 unspecified atom stereocenters. The molecule has 0 radical (unpaired) electrons. The molecule has 0 amide bonds. The third-order valence-corrected chi connectivity index (χ3v) is 7.04. The van der Waals surface area contributed by atoms with Crippen molar-refractivity contribution in [3.63, 3.8) is 0 Å². The zero-order chi connectivity index (χ0) is 28.7. The van der Waals surface area contributed by atoms with Gasteiger partial charge >= 0.3 is 0 Å². The highest BCUT2D eigenvalue weighted by Crippen LogP contribution is 2.42. The molecule has 0 bridgehead atoms. The molecule has 0 saturated carbocycles. The lowest BCUT2D eigenvalue weighted by Crippen LogP contribution is -2.61. The van der Waals surface area contributed by atoms with Gasteiger partial charge in [0.25, 0.3) is 0 Å². The van der Waals surface area contributed by atoms with Gasteiger partial charge in [0.2, 0.25) is 6.29 Å². The van der Waals surface area contributed by atoms with Crippen molar-refractivity contribution in [2.24, 2.45) is 0 Å². The summed E-state index contributed by atoms with van der Waals surface area (Å²) in [5.41, 5.74) is 0.551. The van der Waals surface area contributed by atoms with E-state index in [0.717, 1.165) is 6.07 Å². The highest BCUT2D eigenvalue weighted by atomic mass is 16.7. The quantitative estimate of drug-likeness (QED) is 0.198. The Morgan fingerprint density at radius 3 is 2.27 bits per heavy atom. The van der Waals surface area contributed by atoms with Crippen molar-refractivity contribution in [1.29, 1.82) is 0 Å². The van der Waals surface area contributed by atoms with Crippen LogP contribution in [0.4, 0.5) is 0 Å². The van der Waals surface area contributed by atoms with Gasteiger partial charge in [0.05, 0.1) is 19.6 Å². The number of carbonyl (C=O) groups is 1. The fourth-order valence-corrected chi connectivity index (χ4v) is 4.76. The molecule has 3 heterocycles. The molecule has 0 aliphatic carbocycles. The minimum atomic E-state index is -1.75. The van der Waals surface area contributed by atoms with Gasteiger partial charge in [-0.15, -0.1) is 0 Å². The van der Waals surface area contributed by atoms with Crippen LogP contribution in [0.25, 0.3) is 0 Å². The van der Waals surface area contributed by atoms with Gasteiger partial charge in [-0.05, 0) is 17.7 Å². The third kappa shape index (κ3) is 5.58. The van der Waals surface area contributed by atoms with E-state index in [2.05, 4.69) is 0 Å². The zero-order valence-electron chi connectivity index (χ0n) is 20.9. The van der Waals surface area contributed by atoms with Gasteiger partial charge in [-0.1, -0.05) is 12.1 Å². The number of aliphatic hydroxyl groups is 6. The summed E-state index contributed by atoms with van der Waals surface area (Å²) in [6.45, 7) is -0.791. The van der Waals surface area contributed by atoms with Crippen molar-refractivity contribution >= 4 is 5.78 Å². The summed E-state index contributed by atoms with van der Waals surface area (Å²) in [5.74, 6) is -0.889. The molecule has 8 N–H and O–H groups in total. The van der Waals surface area contributed by atoms with Crippen molar-refractivity contribution in [1.82, 2.24) is 0 Å². The van der Waals surface area contributed by atoms with Crippen LogP contribution in [-0.2, 0) is 14.2 Å². The minimum Gasteiger partial charge on any atom is -0.508 e. The lowest BCUT2D eigenvalue weighted by molar-refractivity contribution is -0.307. The molecule has 2 fully saturated rings. The van der Waals surface area contributed by atoms with Gasteiger partial charge in [0.15, 0.2) is 12.1 Å². The van der Waals surface area contributed by atoms with Gasteiger partial charge in [-0.3, -0.25) is 4.79 Å². The Balaban J connectivity index is 1.29. The number of fused-ring (bicyclic) bond motifs is 1. The molecule has 14 nitrogen and oxygen atoms in total. The summed E-state index contributed by atoms with van der Waals surface area (Å²) in [6, 6.07) is 8.50. The molecule has 10 atom stereocenters. The van der Waals surface area contributed by atoms with Crippen LogP contribution in [0.2, 0.25) is 0 Å². The summed E-state index contributed by atoms with van der Waals surface area (Å²) in [6.07, 6.45) is -14.6. The van der Waals surface area contributed by atoms with Crippen LogP contribution >= 0.6 is 0 Å². The number of Topliss-reactive ketones (excluding diaryl/α,β-unsaturated/α-hetero) is 1. The van der Waals surface area contributed by atoms with Crippen molar-refractivity contribution in [3.8, 4) is 23.0 Å². The molecule has 3 aliphatic heterocycles. The highest BCUT2D eigenvalue weighted by molar-refractivity contribution is 6.02. The molecular formula is C26H30O14. The van der Waals surface area contributed by atoms with Crippen molar-refractivity contribution in [3.05, 3.63) is 47.5 Å². The number of ketones is 1. The molecule has 0 aromatic heterocycles. The SMILES string of the molecule is O=C1C[C@@H](c2ccc(O)cc2)Oc2cc(O[C@@H]3O[C@H](CO[C@@H]4OC[C@H](O)[C@H](O)[C@H]4O)[C@@H](O)[C@H](O)[C@H]3O)cc(O)c21. The second-order valence-corrected chi connectivity index (χ2v) is 9.86. The number of ether oxygens (including phenoxy) is 5. The molecule has 0 spiro atoms. The van der Waals surface area contributed by atoms with E-state index < -0.39 is 79.6 Å². The van der Waals surface area contributed by atoms with E-state index in [1.807, 2.05) is 0 Å². The number of aliphatic hydroxyl groups excluding tert-OH is 6. The zero-order valence-corrected chi connectivity index (χ0v) is 20.9. The molecular weight excluding hydrogens is 536 g/mol. The van der Waals surface area contributed by atoms with Crippen molar-refractivity contribution in [2.75, 3.05) is 13.2 Å². The van der Waals surface area contributed by atoms with Crippen LogP contribution in [0.1, 0.15) is 28.4 Å². The van der Waals surface area contributed by atoms with E-state index in [0.29, 0.717) is 5.56 Å². The summed E-state index contributed by atoms with van der Waals surface area (Å²) >= 11 is 0. The van der Waals surface area contributed by atoms with Gasteiger partial charge in [-0.2, -0.15) is 0 Å². The molecule has 14 heteroatoms. The standard InChI is InChI=1S/C26H30O14/c27-11-3-1-10(2-4-11)16-7-14(29)19-13(28)5-12(6-17(19)39-16)38-26-24(35)22(33)21(32)18(40-26)9-37-25-23(34)20(31)15(30)8-36-25/h1-6,15-16,18,20-28,30-35H,7-9H2/t15-,16-,18+,20-,21+,22-,23+,24+,25-,26+/m0/s1. The normalized spacial score (nSPS) is 36.0. The second kappa shape index (κ2) is 11.4. The fourth-order valence-electron chi connectivity index (χ4n) is 4.76. The van der Waals surface area contributed by atoms with Crippen LogP contribution in [0.15, 0.2) is 36.4 Å². The van der Waals surface area contributed by atoms with E-state index >= 15 is 0 Å². The van der Waals surface area contributed by atoms with Crippen molar-refractivity contribution < 1.29 is 69.3 Å². The topological polar surface area (TPSA) is 225 Å². The lowest BCUT2D eigenvalue weighted by atomic mass is 9.95. The Morgan fingerprint density at radius 2 is 1.55 bits per heavy atom. The third-order valence-electron chi connectivity index (χ3n) is 7.04. The minimum absolute atomic E-state index is 0.000675. The van der Waals surface area contributed by atoms with E-state index in [4.69, 9.17) is 23.7 Å². The van der Waals surface area contributed by atoms with Crippen LogP contribution in [-0.4, -0.2) is 115 Å². The first-order valence-corrected chi connectivity index (χ1v) is 12.5. The first-order chi connectivity index (χ1) is 19.0. The molecule has 40 heavy (non-hydrogen) atoms. The molecule has 5 rings (SSSR count). The Morgan fingerprint density at radius 1 is 0.850 bits per heavy atom. The molecule has 3 aliphatic rings. The Bertz CT molecular complexity index is 1200. The summed E-state index contributed by atoms with van der Waals surface area (Å²) < 4.78 is 27.7. The highest BCUT2D eigenvalue weighted by Gasteiger charge is 2.46. The average Bonchev–Trinajstić information content (AvgIpc) is 2.92. The summed E-state index contributed by atoms with van der Waals surface area (Å²) in [5, 5.41) is 80.7. The van der Waals surface area contributed by atoms with Crippen molar-refractivity contribution in [2.45, 2.75) is 67.8 Å². The predicted octanol–water partition coefficient (Wildman–Crippen LogP) is -1.55. The van der Waals surface area contributed by atoms with Gasteiger partial charge in [-0.25, -0.2) is 0 Å². The van der Waals surface area contributed by atoms with Crippen LogP contribution in [0.3, 0.4) is 0 Å². The molecule has 218 valence electrons. The maximum Gasteiger partial charge on any atom is 0.229 e. The first-order valence-electron chi connectivity index (χ1n) is 12.5. The smallest absolute Gasteiger partial charge is 0.229 e. The maximum atomic E-state index is 12.8. The number of aromatic hydroxyl groups is 2. The molecule has 2 aromatic carbocycles. The number of carbonyl (C=O) groups excluding carboxylic acids is 1. The molecule has 2 saturated heterocycles. The van der Waals surface area contributed by atoms with Gasteiger partial charge in [0.1, 0.15) is 77.4 Å². The Kier molecular flexibility index (Phi) is 8.15. The lowest BCUT2D eigenvalue weighted by Gasteiger charge is -2.41. The van der Waals surface area contributed by atoms with Crippen LogP contribution in [0, 0.1) is 0 Å². The van der Waals surface area contributed by atoms with E-state index in [1.165, 1.54) is 18.2 Å². The summed E-state index contributed by atoms with van der Waals surface area (Å²) in [4.78, 5) is 12.8. The average molecular weight is 567 g/mol. The molecule has 2 aromatic rings. The number of hydrogen-bond acceptors (Lipinski definition) is 14. The van der Waals surface area contributed by atoms with Gasteiger partial charge in [0, 0.05) is 12.1 Å². The monoisotopic (exact) mass is 566 g/mol. The van der Waals surface area contributed by atoms with E-state index in [1.54, 1.807) is 12.1 Å². The van der Waals surface area contributed by atoms with Crippen LogP contribution < -0.4 is 9.47 Å². The number of rotatable bonds is 6. The van der Waals surface area contributed by atoms with E-state index in [-0.39, 0.29) is 35.8 Å². The van der Waals surface area contributed by atoms with E-state index in [9.17, 15) is 45.6 Å². The van der Waals surface area contributed by atoms with Crippen LogP contribution in [0.5, 0.6) is 23.0 Å². The summed E-state index contributed by atoms with van der Waals surface area (Å²) in [7, 11) is 0. The predicted molar refractivity (Wildman–Crippen MR) is 130 cm³/mol. The first kappa shape index (κ1) is 28.5. The fraction of sp³-hybridized carbons (Fsp3) is 0.500. The number of benzene rings is 2. The Labute approximate surface area is 227 Å². The van der Waals surface area contributed by atoms with Gasteiger partial charge < -0.3 is 64.5 Å². The number of phenolic OH excluding ortho intramolecular Hbond substituents is 2. The Hall–Kier alpha value is -3.05. The largest absolute Gasteiger partial charge is 0.508 e.